The van der Waals surface area contributed by atoms with Crippen molar-refractivity contribution >= 4 is 6.09 Å². The van der Waals surface area contributed by atoms with Gasteiger partial charge in [-0.05, 0) is 32.6 Å². The molecule has 0 aromatic carbocycles. The van der Waals surface area contributed by atoms with Crippen LogP contribution in [0.15, 0.2) is 0 Å². The average Bonchev–Trinajstić information content (AvgIpc) is 2.21. The molecule has 0 radical (unpaired) electrons. The maximum atomic E-state index is 12.0. The van der Waals surface area contributed by atoms with Crippen LogP contribution >= 0.6 is 0 Å². The van der Waals surface area contributed by atoms with Gasteiger partial charge in [0.25, 0.3) is 0 Å². The lowest BCUT2D eigenvalue weighted by Crippen LogP contribution is -2.43. The van der Waals surface area contributed by atoms with Crippen LogP contribution in [0.4, 0.5) is 4.79 Å². The molecule has 1 amide bonds. The number of nitrogens with zero attached hydrogens (tertiary/aromatic N) is 1. The van der Waals surface area contributed by atoms with E-state index in [-0.39, 0.29) is 12.0 Å². The van der Waals surface area contributed by atoms with E-state index in [1.54, 1.807) is 20.8 Å². The highest BCUT2D eigenvalue weighted by Crippen LogP contribution is 2.29. The minimum atomic E-state index is -0.917. The Morgan fingerprint density at radius 3 is 2.33 bits per heavy atom. The van der Waals surface area contributed by atoms with Crippen LogP contribution in [-0.4, -0.2) is 52.1 Å². The highest BCUT2D eigenvalue weighted by atomic mass is 16.6. The molecule has 2 atom stereocenters. The van der Waals surface area contributed by atoms with Crippen molar-refractivity contribution in [3.05, 3.63) is 0 Å². The molecule has 1 rings (SSSR count). The Hall–Kier alpha value is -0.810. The molecule has 0 spiro atoms. The molecule has 5 heteroatoms. The summed E-state index contributed by atoms with van der Waals surface area (Å²) in [6.07, 6.45) is -1.69. The van der Waals surface area contributed by atoms with Gasteiger partial charge in [0.1, 0.15) is 5.60 Å². The molecule has 1 aliphatic rings. The summed E-state index contributed by atoms with van der Waals surface area (Å²) in [5, 5.41) is 19.6. The number of hydrogen-bond acceptors (Lipinski definition) is 4. The minimum absolute atomic E-state index is 0.111. The van der Waals surface area contributed by atoms with Crippen molar-refractivity contribution in [2.24, 2.45) is 5.41 Å². The van der Waals surface area contributed by atoms with E-state index < -0.39 is 23.9 Å². The predicted octanol–water partition coefficient (Wildman–Crippen LogP) is 1.38. The first kappa shape index (κ1) is 15.2. The smallest absolute Gasteiger partial charge is 0.410 e. The van der Waals surface area contributed by atoms with Crippen LogP contribution in [0, 0.1) is 5.41 Å². The molecule has 2 N–H and O–H groups in total. The maximum Gasteiger partial charge on any atom is 0.410 e. The molecule has 1 aliphatic heterocycles. The third-order valence-electron chi connectivity index (χ3n) is 2.88. The molecule has 1 fully saturated rings. The number of carbonyl (C=O) groups is 1. The molecule has 18 heavy (non-hydrogen) atoms. The van der Waals surface area contributed by atoms with E-state index in [9.17, 15) is 15.0 Å². The standard InChI is InChI=1S/C13H25NO4/c1-12(2,3)18-11(17)14-7-10(16)9(15)6-13(4,5)8-14/h9-10,15-16H,6-8H2,1-5H3/t9-,10+/m0/s1. The zero-order chi connectivity index (χ0) is 14.1. The van der Waals surface area contributed by atoms with Gasteiger partial charge >= 0.3 is 6.09 Å². The number of β-amino-alcohol motifs (C(OH)–C–C–N with tert-alkyl or cyclic N) is 1. The van der Waals surface area contributed by atoms with E-state index in [2.05, 4.69) is 0 Å². The fourth-order valence-corrected chi connectivity index (χ4v) is 2.16. The van der Waals surface area contributed by atoms with Crippen LogP contribution in [-0.2, 0) is 4.74 Å². The Morgan fingerprint density at radius 2 is 1.83 bits per heavy atom. The average molecular weight is 259 g/mol. The number of carbonyl (C=O) groups excluding carboxylic acids is 1. The predicted molar refractivity (Wildman–Crippen MR) is 68.2 cm³/mol. The van der Waals surface area contributed by atoms with E-state index in [0.717, 1.165) is 0 Å². The van der Waals surface area contributed by atoms with Gasteiger partial charge in [0.15, 0.2) is 0 Å². The van der Waals surface area contributed by atoms with Crippen LogP contribution in [0.3, 0.4) is 0 Å². The third kappa shape index (κ3) is 4.46. The van der Waals surface area contributed by atoms with Gasteiger partial charge in [-0.3, -0.25) is 0 Å². The Kier molecular flexibility index (Phi) is 4.28. The van der Waals surface area contributed by atoms with Crippen molar-refractivity contribution < 1.29 is 19.7 Å². The largest absolute Gasteiger partial charge is 0.444 e. The zero-order valence-electron chi connectivity index (χ0n) is 11.9. The van der Waals surface area contributed by atoms with Crippen molar-refractivity contribution in [2.75, 3.05) is 13.1 Å². The number of ether oxygens (including phenoxy) is 1. The second kappa shape index (κ2) is 5.05. The lowest BCUT2D eigenvalue weighted by Gasteiger charge is -2.31. The summed E-state index contributed by atoms with van der Waals surface area (Å²) in [5.41, 5.74) is -0.801. The van der Waals surface area contributed by atoms with E-state index in [1.165, 1.54) is 4.90 Å². The zero-order valence-corrected chi connectivity index (χ0v) is 11.9. The SMILES string of the molecule is CC1(C)C[C@H](O)[C@H](O)CN(C(=O)OC(C)(C)C)C1. The van der Waals surface area contributed by atoms with Gasteiger partial charge in [-0.25, -0.2) is 4.79 Å². The summed E-state index contributed by atoms with van der Waals surface area (Å²) < 4.78 is 5.30. The molecule has 1 saturated heterocycles. The Bertz CT molecular complexity index is 309. The number of rotatable bonds is 0. The van der Waals surface area contributed by atoms with Crippen molar-refractivity contribution in [2.45, 2.75) is 58.8 Å². The lowest BCUT2D eigenvalue weighted by atomic mass is 9.86. The summed E-state index contributed by atoms with van der Waals surface area (Å²) in [6.45, 7) is 9.92. The molecular weight excluding hydrogens is 234 g/mol. The molecule has 0 saturated carbocycles. The first-order valence-electron chi connectivity index (χ1n) is 6.34. The van der Waals surface area contributed by atoms with Crippen LogP contribution in [0.2, 0.25) is 0 Å². The molecule has 106 valence electrons. The summed E-state index contributed by atoms with van der Waals surface area (Å²) in [4.78, 5) is 13.5. The summed E-state index contributed by atoms with van der Waals surface area (Å²) in [6, 6.07) is 0. The number of aliphatic hydroxyl groups is 2. The number of hydrogen-bond donors (Lipinski definition) is 2. The highest BCUT2D eigenvalue weighted by molar-refractivity contribution is 5.68. The number of likely N-dealkylation sites (tertiary alicyclic amines) is 1. The maximum absolute atomic E-state index is 12.0. The molecule has 0 bridgehead atoms. The molecule has 0 aromatic heterocycles. The summed E-state index contributed by atoms with van der Waals surface area (Å²) >= 11 is 0. The Balaban J connectivity index is 2.78. The summed E-state index contributed by atoms with van der Waals surface area (Å²) in [7, 11) is 0. The highest BCUT2D eigenvalue weighted by Gasteiger charge is 2.37. The minimum Gasteiger partial charge on any atom is -0.444 e. The van der Waals surface area contributed by atoms with Crippen LogP contribution in [0.25, 0.3) is 0 Å². The quantitative estimate of drug-likeness (QED) is 0.689. The molecule has 1 heterocycles. The molecular formula is C13H25NO4. The van der Waals surface area contributed by atoms with E-state index in [1.807, 2.05) is 13.8 Å². The third-order valence-corrected chi connectivity index (χ3v) is 2.88. The monoisotopic (exact) mass is 259 g/mol. The molecule has 0 unspecified atom stereocenters. The van der Waals surface area contributed by atoms with Crippen molar-refractivity contribution in [3.63, 3.8) is 0 Å². The molecule has 5 nitrogen and oxygen atoms in total. The molecule has 0 aromatic rings. The topological polar surface area (TPSA) is 70.0 Å². The van der Waals surface area contributed by atoms with Crippen LogP contribution in [0.5, 0.6) is 0 Å². The van der Waals surface area contributed by atoms with Gasteiger partial charge < -0.3 is 19.8 Å². The van der Waals surface area contributed by atoms with Crippen molar-refractivity contribution in [1.82, 2.24) is 4.90 Å². The van der Waals surface area contributed by atoms with Gasteiger partial charge in [-0.1, -0.05) is 13.8 Å². The van der Waals surface area contributed by atoms with Crippen molar-refractivity contribution in [3.8, 4) is 0 Å². The normalized spacial score (nSPS) is 28.7. The number of amides is 1. The van der Waals surface area contributed by atoms with Gasteiger partial charge in [0.2, 0.25) is 0 Å². The van der Waals surface area contributed by atoms with Crippen molar-refractivity contribution in [1.29, 1.82) is 0 Å². The lowest BCUT2D eigenvalue weighted by molar-refractivity contribution is -0.00661. The number of aliphatic hydroxyl groups excluding tert-OH is 2. The van der Waals surface area contributed by atoms with Gasteiger partial charge in [-0.2, -0.15) is 0 Å². The fraction of sp³-hybridized carbons (Fsp3) is 0.923. The van der Waals surface area contributed by atoms with Gasteiger partial charge in [-0.15, -0.1) is 0 Å². The first-order valence-corrected chi connectivity index (χ1v) is 6.34. The van der Waals surface area contributed by atoms with E-state index in [0.29, 0.717) is 13.0 Å². The van der Waals surface area contributed by atoms with Crippen LogP contribution in [0.1, 0.15) is 41.0 Å². The Labute approximate surface area is 109 Å². The second-order valence-corrected chi connectivity index (χ2v) is 6.86. The van der Waals surface area contributed by atoms with Gasteiger partial charge in [0, 0.05) is 6.54 Å². The van der Waals surface area contributed by atoms with Gasteiger partial charge in [0.05, 0.1) is 18.8 Å². The Morgan fingerprint density at radius 1 is 1.28 bits per heavy atom. The van der Waals surface area contributed by atoms with Crippen LogP contribution < -0.4 is 0 Å². The summed E-state index contributed by atoms with van der Waals surface area (Å²) in [5.74, 6) is 0. The van der Waals surface area contributed by atoms with E-state index >= 15 is 0 Å². The van der Waals surface area contributed by atoms with E-state index in [4.69, 9.17) is 4.74 Å². The molecule has 0 aliphatic carbocycles. The first-order chi connectivity index (χ1) is 8.00. The second-order valence-electron chi connectivity index (χ2n) is 6.86. The fourth-order valence-electron chi connectivity index (χ4n) is 2.16.